The molecule has 0 aliphatic carbocycles. The normalized spacial score (nSPS) is 11.4. The molecule has 28 aromatic rings. The molecule has 9 heteroatoms. The summed E-state index contributed by atoms with van der Waals surface area (Å²) in [5.74, 6) is 2.10. The summed E-state index contributed by atoms with van der Waals surface area (Å²) in [6.45, 7) is 0. The average Bonchev–Trinajstić information content (AvgIpc) is 0.743. The van der Waals surface area contributed by atoms with Crippen molar-refractivity contribution in [1.29, 1.82) is 0 Å². The van der Waals surface area contributed by atoms with E-state index in [0.717, 1.165) is 145 Å². The minimum atomic E-state index is 0.699. The first kappa shape index (κ1) is 88.3. The Bertz CT molecular complexity index is 9960. The van der Waals surface area contributed by atoms with Gasteiger partial charge in [-0.05, 0) is 243 Å². The average molecular weight is 1890 g/mol. The minimum Gasteiger partial charge on any atom is -0.264 e. The van der Waals surface area contributed by atoms with Gasteiger partial charge in [0.1, 0.15) is 0 Å². The fourth-order valence-electron chi connectivity index (χ4n) is 21.1. The maximum absolute atomic E-state index is 5.31. The lowest BCUT2D eigenvalue weighted by molar-refractivity contribution is 1.18. The summed E-state index contributed by atoms with van der Waals surface area (Å²) in [7, 11) is 0. The lowest BCUT2D eigenvalue weighted by Crippen LogP contribution is -1.97. The first-order valence-corrected chi connectivity index (χ1v) is 49.9. The summed E-state index contributed by atoms with van der Waals surface area (Å²) in [6.07, 6.45) is 11.1. The largest absolute Gasteiger partial charge is 0.264 e. The van der Waals surface area contributed by atoms with E-state index in [0.29, 0.717) is 17.5 Å². The van der Waals surface area contributed by atoms with E-state index in [1.54, 1.807) is 18.6 Å². The zero-order chi connectivity index (χ0) is 98.2. The maximum Gasteiger partial charge on any atom is 0.161 e. The molecule has 0 radical (unpaired) electrons. The van der Waals surface area contributed by atoms with Crippen LogP contribution in [0.15, 0.2) is 541 Å². The van der Waals surface area contributed by atoms with Crippen molar-refractivity contribution in [3.8, 4) is 168 Å². The van der Waals surface area contributed by atoms with Crippen LogP contribution in [0, 0.1) is 0 Å². The van der Waals surface area contributed by atoms with Crippen LogP contribution >= 0.6 is 0 Å². The number of rotatable bonds is 15. The predicted molar refractivity (Wildman–Crippen MR) is 616 cm³/mol. The molecule has 0 spiro atoms. The van der Waals surface area contributed by atoms with Crippen molar-refractivity contribution < 1.29 is 0 Å². The van der Waals surface area contributed by atoms with Gasteiger partial charge in [-0.2, -0.15) is 0 Å². The number of nitrogens with zero attached hydrogens (tertiary/aromatic N) is 9. The first-order valence-electron chi connectivity index (χ1n) is 49.9. The third kappa shape index (κ3) is 17.4. The Hall–Kier alpha value is -19.9. The Balaban J connectivity index is 0.000000112. The standard InChI is InChI=1S/C49H31N3.2C45H29N3/c1-3-16-39-35(11-1)28-45(43-20-7-5-18-41(39)43)32-22-24-33(25-23-32)47-30-48(37-14-9-13-34(27-37)38-15-10-26-50-31-38)52-49(51-47)46-29-36-12-2-4-17-40(36)42-19-6-8-21-44(42)46;1-3-16-37-30(10-1)12-8-20-41(37)45-47-43(28-44(48-45)35-14-7-13-33(26-35)36-15-9-25-46-29-36)32-23-21-31(22-24-32)42-27-34-11-2-4-17-38(34)39-18-5-6-19-40(39)42;1-2-10-33-26-37(23-18-30(33)9-1)45-47-43(28-44(48-45)36-13-7-12-34(25-36)38-14-8-24-46-29-38)32-21-19-31(20-22-32)42-27-35-11-3-4-15-39(35)40-16-5-6-17-41(40)42/h1-31H;2*1-29H. The molecule has 148 heavy (non-hydrogen) atoms. The van der Waals surface area contributed by atoms with E-state index in [2.05, 4.69) is 500 Å². The van der Waals surface area contributed by atoms with Crippen molar-refractivity contribution >= 4 is 108 Å². The lowest BCUT2D eigenvalue weighted by atomic mass is 9.92. The topological polar surface area (TPSA) is 116 Å². The molecule has 0 N–H and O–H groups in total. The van der Waals surface area contributed by atoms with Gasteiger partial charge in [0, 0.05) is 104 Å². The van der Waals surface area contributed by atoms with Crippen LogP contribution in [0.5, 0.6) is 0 Å². The summed E-state index contributed by atoms with van der Waals surface area (Å²) in [4.78, 5) is 44.3. The second-order valence-corrected chi connectivity index (χ2v) is 37.4. The quantitative estimate of drug-likeness (QED) is 0.0925. The monoisotopic (exact) mass is 1880 g/mol. The molecule has 6 heterocycles. The molecule has 0 aliphatic rings. The number of hydrogen-bond donors (Lipinski definition) is 0. The molecule has 0 bridgehead atoms. The number of fused-ring (bicyclic) bond motifs is 14. The van der Waals surface area contributed by atoms with Crippen molar-refractivity contribution in [1.82, 2.24) is 44.9 Å². The van der Waals surface area contributed by atoms with Crippen LogP contribution in [-0.2, 0) is 0 Å². The van der Waals surface area contributed by atoms with Crippen molar-refractivity contribution in [3.05, 3.63) is 541 Å². The Labute approximate surface area is 855 Å². The summed E-state index contributed by atoms with van der Waals surface area (Å²) < 4.78 is 0. The van der Waals surface area contributed by atoms with Gasteiger partial charge in [0.2, 0.25) is 0 Å². The van der Waals surface area contributed by atoms with Gasteiger partial charge >= 0.3 is 0 Å². The van der Waals surface area contributed by atoms with Crippen LogP contribution in [0.1, 0.15) is 0 Å². The molecule has 0 atom stereocenters. The molecule has 0 amide bonds. The van der Waals surface area contributed by atoms with Crippen LogP contribution in [0.3, 0.4) is 0 Å². The summed E-state index contributed by atoms with van der Waals surface area (Å²) in [6, 6.07) is 178. The smallest absolute Gasteiger partial charge is 0.161 e. The molecular weight excluding hydrogens is 1800 g/mol. The SMILES string of the molecule is c1cncc(-c2cccc(-c3cc(-c4ccc(-c5cc6ccccc6c6ccccc56)cc4)nc(-c4cc5ccccc5c5ccccc45)n3)c2)c1.c1cncc(-c2cccc(-c3cc(-c4ccc(-c5cc6ccccc6c6ccccc56)cc4)nc(-c4ccc5ccccc5c4)n3)c2)c1.c1cncc(-c2cccc(-c3cc(-c4ccc(-c5cc6ccccc6c6ccccc56)cc4)nc(-c4cccc5ccccc45)n3)c2)c1. The second-order valence-electron chi connectivity index (χ2n) is 37.4. The van der Waals surface area contributed by atoms with E-state index in [9.17, 15) is 0 Å². The summed E-state index contributed by atoms with van der Waals surface area (Å²) in [5, 5.41) is 24.4. The van der Waals surface area contributed by atoms with Gasteiger partial charge in [-0.25, -0.2) is 29.9 Å². The van der Waals surface area contributed by atoms with Gasteiger partial charge in [-0.15, -0.1) is 0 Å². The van der Waals surface area contributed by atoms with E-state index in [-0.39, 0.29) is 0 Å². The molecular formula is C139H89N9. The van der Waals surface area contributed by atoms with Gasteiger partial charge in [0.25, 0.3) is 0 Å². The predicted octanol–water partition coefficient (Wildman–Crippen LogP) is 36.2. The molecule has 0 saturated heterocycles. The summed E-state index contributed by atoms with van der Waals surface area (Å²) in [5.41, 5.74) is 28.1. The highest BCUT2D eigenvalue weighted by Crippen LogP contribution is 2.45. The highest BCUT2D eigenvalue weighted by Gasteiger charge is 2.22. The molecule has 0 saturated carbocycles. The van der Waals surface area contributed by atoms with Crippen molar-refractivity contribution in [3.63, 3.8) is 0 Å². The Morgan fingerprint density at radius 1 is 0.108 bits per heavy atom. The van der Waals surface area contributed by atoms with Gasteiger partial charge in [-0.3, -0.25) is 15.0 Å². The maximum atomic E-state index is 5.31. The van der Waals surface area contributed by atoms with Gasteiger partial charge in [0.15, 0.2) is 17.5 Å². The van der Waals surface area contributed by atoms with Gasteiger partial charge in [0.05, 0.1) is 34.2 Å². The van der Waals surface area contributed by atoms with E-state index in [1.807, 2.05) is 36.8 Å². The Kier molecular flexibility index (Phi) is 23.2. The Morgan fingerprint density at radius 3 is 0.716 bits per heavy atom. The Morgan fingerprint density at radius 2 is 0.358 bits per heavy atom. The van der Waals surface area contributed by atoms with E-state index >= 15 is 0 Å². The zero-order valence-electron chi connectivity index (χ0n) is 80.4. The third-order valence-electron chi connectivity index (χ3n) is 28.5. The van der Waals surface area contributed by atoms with Crippen LogP contribution in [-0.4, -0.2) is 44.9 Å². The van der Waals surface area contributed by atoms with E-state index in [4.69, 9.17) is 29.9 Å². The molecule has 0 aliphatic heterocycles. The zero-order valence-corrected chi connectivity index (χ0v) is 80.4. The fourth-order valence-corrected chi connectivity index (χ4v) is 21.1. The molecule has 0 fully saturated rings. The van der Waals surface area contributed by atoms with E-state index in [1.165, 1.54) is 114 Å². The van der Waals surface area contributed by atoms with Gasteiger partial charge in [-0.1, -0.05) is 419 Å². The van der Waals surface area contributed by atoms with Crippen LogP contribution in [0.2, 0.25) is 0 Å². The molecule has 22 aromatic carbocycles. The molecule has 690 valence electrons. The third-order valence-corrected chi connectivity index (χ3v) is 28.5. The molecule has 28 rings (SSSR count). The van der Waals surface area contributed by atoms with E-state index < -0.39 is 0 Å². The summed E-state index contributed by atoms with van der Waals surface area (Å²) >= 11 is 0. The van der Waals surface area contributed by atoms with Crippen LogP contribution in [0.4, 0.5) is 0 Å². The highest BCUT2D eigenvalue weighted by molar-refractivity contribution is 6.18. The number of hydrogen-bond acceptors (Lipinski definition) is 9. The molecule has 0 unspecified atom stereocenters. The first-order chi connectivity index (χ1) is 73.3. The fraction of sp³-hybridized carbons (Fsp3) is 0. The van der Waals surface area contributed by atoms with Crippen LogP contribution < -0.4 is 0 Å². The molecule has 9 nitrogen and oxygen atoms in total. The number of pyridine rings is 3. The minimum absolute atomic E-state index is 0.699. The highest BCUT2D eigenvalue weighted by atomic mass is 14.9. The van der Waals surface area contributed by atoms with Crippen molar-refractivity contribution in [2.75, 3.05) is 0 Å². The number of aromatic nitrogens is 9. The molecule has 6 aromatic heterocycles. The lowest BCUT2D eigenvalue weighted by Gasteiger charge is -2.14. The van der Waals surface area contributed by atoms with Crippen molar-refractivity contribution in [2.24, 2.45) is 0 Å². The second kappa shape index (κ2) is 38.9. The number of benzene rings is 22. The van der Waals surface area contributed by atoms with Crippen LogP contribution in [0.25, 0.3) is 276 Å². The van der Waals surface area contributed by atoms with Crippen molar-refractivity contribution in [2.45, 2.75) is 0 Å². The van der Waals surface area contributed by atoms with Gasteiger partial charge < -0.3 is 0 Å².